The molecule has 2 saturated heterocycles. The van der Waals surface area contributed by atoms with Gasteiger partial charge in [0.1, 0.15) is 5.82 Å². The summed E-state index contributed by atoms with van der Waals surface area (Å²) in [6.45, 7) is 6.42. The number of aromatic nitrogens is 5. The van der Waals surface area contributed by atoms with Crippen molar-refractivity contribution in [3.8, 4) is 0 Å². The number of anilines is 2. The number of carbonyl (C=O) groups is 3. The fraction of sp³-hybridized carbons (Fsp3) is 0.588. The van der Waals surface area contributed by atoms with Gasteiger partial charge in [-0.25, -0.2) is 13.8 Å². The Kier molecular flexibility index (Phi) is 7.61. The fourth-order valence-electron chi connectivity index (χ4n) is 8.51. The number of carbonyl (C=O) groups excluding carboxylic acids is 3. The van der Waals surface area contributed by atoms with Crippen molar-refractivity contribution in [3.63, 3.8) is 0 Å². The van der Waals surface area contributed by atoms with E-state index in [2.05, 4.69) is 40.7 Å². The molecular formula is C34H41F2N9O3. The van der Waals surface area contributed by atoms with E-state index in [9.17, 15) is 23.2 Å². The standard InChI is InChI=1S/C34H41F2N9O3/c1-33-15-26-25(14-27(33)34(33,35)36)30(42-41-26)32(48)39-22-17-38-45(19-22)23-5-2-20(3-6-23)18-43-10-12-44(13-11-43)28-8-4-21(16-37-28)24-7-9-29(46)40-31(24)47/h4,8,16-17,19-20,23-24,27H,2-3,5-7,9-15,18H2,1H3,(H,39,48)(H,41,42)(H,40,46,47)/t20?,23?,24-,27+,33-/m1/s1. The van der Waals surface area contributed by atoms with E-state index in [1.54, 1.807) is 19.3 Å². The minimum Gasteiger partial charge on any atom is -0.354 e. The Morgan fingerprint density at radius 1 is 1.06 bits per heavy atom. The second-order valence-corrected chi connectivity index (χ2v) is 14.6. The third-order valence-electron chi connectivity index (χ3n) is 11.7. The van der Waals surface area contributed by atoms with Crippen molar-refractivity contribution in [2.75, 3.05) is 42.9 Å². The molecule has 12 nitrogen and oxygen atoms in total. The number of rotatable bonds is 7. The van der Waals surface area contributed by atoms with Crippen molar-refractivity contribution in [3.05, 3.63) is 53.2 Å². The van der Waals surface area contributed by atoms with Crippen molar-refractivity contribution >= 4 is 29.2 Å². The van der Waals surface area contributed by atoms with E-state index in [0.717, 1.165) is 69.8 Å². The van der Waals surface area contributed by atoms with E-state index >= 15 is 0 Å². The van der Waals surface area contributed by atoms with Gasteiger partial charge in [-0.2, -0.15) is 10.2 Å². The highest BCUT2D eigenvalue weighted by atomic mass is 19.3. The maximum Gasteiger partial charge on any atom is 0.276 e. The molecule has 3 amide bonds. The van der Waals surface area contributed by atoms with Gasteiger partial charge in [-0.1, -0.05) is 13.0 Å². The highest BCUT2D eigenvalue weighted by molar-refractivity contribution is 6.04. The molecule has 254 valence electrons. The Bertz CT molecular complexity index is 1720. The number of hydrogen-bond acceptors (Lipinski definition) is 8. The van der Waals surface area contributed by atoms with Crippen LogP contribution in [0.4, 0.5) is 20.3 Å². The maximum atomic E-state index is 14.3. The lowest BCUT2D eigenvalue weighted by atomic mass is 9.85. The second kappa shape index (κ2) is 11.7. The molecule has 0 spiro atoms. The van der Waals surface area contributed by atoms with Gasteiger partial charge in [0.05, 0.1) is 23.8 Å². The Labute approximate surface area is 277 Å². The molecule has 5 heterocycles. The summed E-state index contributed by atoms with van der Waals surface area (Å²) in [7, 11) is 0. The van der Waals surface area contributed by atoms with E-state index in [-0.39, 0.29) is 42.3 Å². The van der Waals surface area contributed by atoms with Crippen LogP contribution < -0.4 is 15.5 Å². The molecule has 5 aliphatic rings. The zero-order chi connectivity index (χ0) is 33.2. The molecule has 4 fully saturated rings. The lowest BCUT2D eigenvalue weighted by Crippen LogP contribution is -2.48. The van der Waals surface area contributed by atoms with Crippen LogP contribution in [0.25, 0.3) is 0 Å². The molecule has 48 heavy (non-hydrogen) atoms. The molecule has 3 atom stereocenters. The molecule has 3 aliphatic carbocycles. The first-order valence-electron chi connectivity index (χ1n) is 17.2. The molecule has 3 N–H and O–H groups in total. The van der Waals surface area contributed by atoms with Crippen LogP contribution in [0.5, 0.6) is 0 Å². The van der Waals surface area contributed by atoms with Crippen molar-refractivity contribution in [2.45, 2.75) is 76.2 Å². The number of nitrogens with zero attached hydrogens (tertiary/aromatic N) is 6. The van der Waals surface area contributed by atoms with Gasteiger partial charge in [0.2, 0.25) is 11.8 Å². The van der Waals surface area contributed by atoms with E-state index in [4.69, 9.17) is 0 Å². The molecule has 14 heteroatoms. The van der Waals surface area contributed by atoms with Crippen LogP contribution in [0.1, 0.15) is 84.7 Å². The third kappa shape index (κ3) is 5.47. The van der Waals surface area contributed by atoms with Gasteiger partial charge in [0, 0.05) is 80.5 Å². The van der Waals surface area contributed by atoms with E-state index in [0.29, 0.717) is 35.7 Å². The van der Waals surface area contributed by atoms with Gasteiger partial charge in [-0.05, 0) is 56.1 Å². The molecule has 0 bridgehead atoms. The van der Waals surface area contributed by atoms with Crippen LogP contribution in [0.15, 0.2) is 30.7 Å². The number of piperidine rings is 1. The predicted molar refractivity (Wildman–Crippen MR) is 172 cm³/mol. The second-order valence-electron chi connectivity index (χ2n) is 14.6. The van der Waals surface area contributed by atoms with E-state index in [1.807, 2.05) is 23.0 Å². The highest BCUT2D eigenvalue weighted by Gasteiger charge is 2.78. The minimum absolute atomic E-state index is 0.162. The number of aromatic amines is 1. The third-order valence-corrected chi connectivity index (χ3v) is 11.7. The number of pyridine rings is 1. The average molecular weight is 662 g/mol. The van der Waals surface area contributed by atoms with E-state index in [1.165, 1.54) is 0 Å². The number of hydrogen-bond donors (Lipinski definition) is 3. The number of amides is 3. The zero-order valence-corrected chi connectivity index (χ0v) is 27.1. The minimum atomic E-state index is -2.70. The Balaban J connectivity index is 0.784. The van der Waals surface area contributed by atoms with E-state index < -0.39 is 23.2 Å². The zero-order valence-electron chi connectivity index (χ0n) is 27.1. The van der Waals surface area contributed by atoms with Crippen LogP contribution in [0, 0.1) is 17.3 Å². The quantitative estimate of drug-likeness (QED) is 0.326. The summed E-state index contributed by atoms with van der Waals surface area (Å²) in [4.78, 5) is 46.2. The van der Waals surface area contributed by atoms with Crippen LogP contribution in [0.2, 0.25) is 0 Å². The number of fused-ring (bicyclic) bond motifs is 2. The lowest BCUT2D eigenvalue weighted by molar-refractivity contribution is -0.134. The topological polar surface area (TPSA) is 141 Å². The van der Waals surface area contributed by atoms with Crippen molar-refractivity contribution < 1.29 is 23.2 Å². The number of alkyl halides is 2. The van der Waals surface area contributed by atoms with Crippen LogP contribution in [-0.2, 0) is 22.4 Å². The Hall–Kier alpha value is -4.20. The number of nitrogens with one attached hydrogen (secondary N) is 3. The first-order chi connectivity index (χ1) is 23.1. The van der Waals surface area contributed by atoms with Crippen LogP contribution in [-0.4, -0.2) is 86.2 Å². The lowest BCUT2D eigenvalue weighted by Gasteiger charge is -2.38. The van der Waals surface area contributed by atoms with Gasteiger partial charge in [-0.15, -0.1) is 0 Å². The average Bonchev–Trinajstić information content (AvgIpc) is 3.50. The molecule has 8 rings (SSSR count). The first kappa shape index (κ1) is 31.1. The molecule has 3 aromatic heterocycles. The largest absolute Gasteiger partial charge is 0.354 e. The number of H-pyrrole nitrogens is 1. The van der Waals surface area contributed by atoms with Crippen LogP contribution >= 0.6 is 0 Å². The van der Waals surface area contributed by atoms with Gasteiger partial charge in [-0.3, -0.25) is 34.4 Å². The van der Waals surface area contributed by atoms with Gasteiger partial charge in [0.25, 0.3) is 11.8 Å². The highest BCUT2D eigenvalue weighted by Crippen LogP contribution is 2.70. The van der Waals surface area contributed by atoms with Crippen molar-refractivity contribution in [2.24, 2.45) is 17.3 Å². The molecule has 0 aromatic carbocycles. The van der Waals surface area contributed by atoms with Gasteiger partial charge in [0.15, 0.2) is 5.69 Å². The predicted octanol–water partition coefficient (Wildman–Crippen LogP) is 3.70. The monoisotopic (exact) mass is 661 g/mol. The number of halogens is 2. The summed E-state index contributed by atoms with van der Waals surface area (Å²) < 4.78 is 30.6. The smallest absolute Gasteiger partial charge is 0.276 e. The molecular weight excluding hydrogens is 620 g/mol. The van der Waals surface area contributed by atoms with Crippen molar-refractivity contribution in [1.82, 2.24) is 35.2 Å². The van der Waals surface area contributed by atoms with Crippen LogP contribution in [0.3, 0.4) is 0 Å². The number of piperazine rings is 1. The summed E-state index contributed by atoms with van der Waals surface area (Å²) in [5.74, 6) is -3.07. The van der Waals surface area contributed by atoms with Crippen molar-refractivity contribution in [1.29, 1.82) is 0 Å². The number of imide groups is 1. The normalized spacial score (nSPS) is 29.9. The summed E-state index contributed by atoms with van der Waals surface area (Å²) in [6, 6.07) is 4.21. The molecule has 0 unspecified atom stereocenters. The molecule has 2 saturated carbocycles. The van der Waals surface area contributed by atoms with Gasteiger partial charge < -0.3 is 10.2 Å². The molecule has 3 aromatic rings. The Morgan fingerprint density at radius 2 is 1.85 bits per heavy atom. The summed E-state index contributed by atoms with van der Waals surface area (Å²) in [5, 5.41) is 16.9. The fourth-order valence-corrected chi connectivity index (χ4v) is 8.51. The summed E-state index contributed by atoms with van der Waals surface area (Å²) in [5.41, 5.74) is 1.84. The maximum absolute atomic E-state index is 14.3. The summed E-state index contributed by atoms with van der Waals surface area (Å²) in [6.07, 6.45) is 10.8. The SMILES string of the molecule is C[C@@]12Cc3[nH]nc(C(=O)Nc4cnn(C5CCC(CN6CCN(c7ccc([C@H]8CCC(=O)NC8=O)cn7)CC6)CC5)c4)c3C[C@@H]1C2(F)F. The van der Waals surface area contributed by atoms with Gasteiger partial charge >= 0.3 is 0 Å². The first-order valence-corrected chi connectivity index (χ1v) is 17.2. The molecule has 0 radical (unpaired) electrons. The molecule has 2 aliphatic heterocycles. The summed E-state index contributed by atoms with van der Waals surface area (Å²) >= 11 is 0. The Morgan fingerprint density at radius 3 is 2.58 bits per heavy atom.